The van der Waals surface area contributed by atoms with E-state index in [1.165, 1.54) is 38.5 Å². The molecule has 0 bridgehead atoms. The van der Waals surface area contributed by atoms with Gasteiger partial charge in [-0.05, 0) is 102 Å². The van der Waals surface area contributed by atoms with Gasteiger partial charge in [-0.2, -0.15) is 0 Å². The first-order valence-electron chi connectivity index (χ1n) is 24.1. The van der Waals surface area contributed by atoms with Gasteiger partial charge in [0.25, 0.3) is 11.8 Å². The van der Waals surface area contributed by atoms with Gasteiger partial charge in [0, 0.05) is 48.4 Å². The van der Waals surface area contributed by atoms with Crippen molar-refractivity contribution in [3.63, 3.8) is 0 Å². The van der Waals surface area contributed by atoms with Crippen LogP contribution in [0.5, 0.6) is 11.5 Å². The van der Waals surface area contributed by atoms with Gasteiger partial charge in [-0.3, -0.25) is 9.59 Å². The lowest BCUT2D eigenvalue weighted by atomic mass is 10.0. The predicted molar refractivity (Wildman–Crippen MR) is 260 cm³/mol. The minimum Gasteiger partial charge on any atom is -0.493 e. The molecule has 0 N–H and O–H groups in total. The van der Waals surface area contributed by atoms with Gasteiger partial charge in [0.05, 0.1) is 38.6 Å². The maximum atomic E-state index is 14.5. The summed E-state index contributed by atoms with van der Waals surface area (Å²) >= 11 is 0. The molecule has 7 rings (SSSR count). The van der Waals surface area contributed by atoms with E-state index >= 15 is 0 Å². The Hall–Kier alpha value is -5.44. The summed E-state index contributed by atoms with van der Waals surface area (Å²) in [5.74, 6) is 1.59. The number of benzene rings is 5. The van der Waals surface area contributed by atoms with Crippen LogP contribution in [0.15, 0.2) is 121 Å². The zero-order chi connectivity index (χ0) is 44.4. The molecule has 64 heavy (non-hydrogen) atoms. The zero-order valence-electron chi connectivity index (χ0n) is 38.2. The normalized spacial score (nSPS) is 15.1. The number of rotatable bonds is 28. The fourth-order valence-electron chi connectivity index (χ4n) is 8.12. The molecular weight excluding hydrogens is 797 g/mol. The molecule has 2 amide bonds. The molecule has 8 nitrogen and oxygen atoms in total. The minimum atomic E-state index is -0.0440. The Morgan fingerprint density at radius 3 is 1.19 bits per heavy atom. The monoisotopic (exact) mass is 865 g/mol. The molecule has 2 saturated heterocycles. The van der Waals surface area contributed by atoms with Crippen molar-refractivity contribution in [2.45, 2.75) is 116 Å². The first-order chi connectivity index (χ1) is 31.5. The molecular formula is C56H68N2O6. The second-order valence-electron chi connectivity index (χ2n) is 17.4. The summed E-state index contributed by atoms with van der Waals surface area (Å²) in [6.45, 7) is 8.62. The van der Waals surface area contributed by atoms with Crippen molar-refractivity contribution >= 4 is 23.2 Å². The van der Waals surface area contributed by atoms with Gasteiger partial charge in [0.2, 0.25) is 0 Å². The molecule has 2 aliphatic heterocycles. The Morgan fingerprint density at radius 2 is 0.828 bits per heavy atom. The van der Waals surface area contributed by atoms with Gasteiger partial charge >= 0.3 is 0 Å². The van der Waals surface area contributed by atoms with Crippen LogP contribution < -0.4 is 19.3 Å². The summed E-state index contributed by atoms with van der Waals surface area (Å²) in [4.78, 5) is 32.9. The Balaban J connectivity index is 1.07. The van der Waals surface area contributed by atoms with Gasteiger partial charge in [-0.1, -0.05) is 133 Å². The van der Waals surface area contributed by atoms with E-state index in [9.17, 15) is 9.59 Å². The number of unbranched alkanes of at least 4 members (excludes halogenated alkanes) is 10. The Bertz CT molecular complexity index is 2010. The summed E-state index contributed by atoms with van der Waals surface area (Å²) in [6, 6.07) is 40.1. The van der Waals surface area contributed by atoms with Crippen molar-refractivity contribution in [1.29, 1.82) is 0 Å². The van der Waals surface area contributed by atoms with Crippen LogP contribution in [0.25, 0.3) is 22.3 Å². The van der Waals surface area contributed by atoms with Gasteiger partial charge in [0.1, 0.15) is 11.5 Å². The van der Waals surface area contributed by atoms with E-state index in [-0.39, 0.29) is 11.8 Å². The highest BCUT2D eigenvalue weighted by atomic mass is 16.6. The molecule has 0 radical (unpaired) electrons. The lowest BCUT2D eigenvalue weighted by Crippen LogP contribution is -2.34. The molecule has 8 heteroatoms. The van der Waals surface area contributed by atoms with Crippen molar-refractivity contribution in [2.24, 2.45) is 0 Å². The fourth-order valence-corrected chi connectivity index (χ4v) is 8.12. The number of hydrogen-bond donors (Lipinski definition) is 0. The van der Waals surface area contributed by atoms with Gasteiger partial charge in [0.15, 0.2) is 0 Å². The van der Waals surface area contributed by atoms with Crippen molar-refractivity contribution in [1.82, 2.24) is 0 Å². The summed E-state index contributed by atoms with van der Waals surface area (Å²) in [7, 11) is 0. The van der Waals surface area contributed by atoms with Crippen LogP contribution in [0.2, 0.25) is 0 Å². The smallest absolute Gasteiger partial charge is 0.258 e. The SMILES string of the molecule is CCCCCCCCN(C(=O)c1ccc(-c2ccc(OCCC3CO3)cc2)cc1)c1cccc(N(CCCCCCCC)C(=O)c2ccc(-c3ccc(OCCC4CO4)cc3)cc2)c1. The molecule has 2 atom stereocenters. The highest BCUT2D eigenvalue weighted by molar-refractivity contribution is 6.08. The fraction of sp³-hybridized carbons (Fsp3) is 0.429. The molecule has 0 aliphatic carbocycles. The summed E-state index contributed by atoms with van der Waals surface area (Å²) in [6.07, 6.45) is 16.0. The largest absolute Gasteiger partial charge is 0.493 e. The molecule has 0 saturated carbocycles. The van der Waals surface area contributed by atoms with Crippen LogP contribution in [0.4, 0.5) is 11.4 Å². The lowest BCUT2D eigenvalue weighted by Gasteiger charge is -2.27. The van der Waals surface area contributed by atoms with Gasteiger partial charge < -0.3 is 28.7 Å². The number of amides is 2. The van der Waals surface area contributed by atoms with E-state index in [1.54, 1.807) is 0 Å². The highest BCUT2D eigenvalue weighted by Crippen LogP contribution is 2.30. The maximum Gasteiger partial charge on any atom is 0.258 e. The number of epoxide rings is 2. The third-order valence-electron chi connectivity index (χ3n) is 12.3. The molecule has 5 aromatic rings. The first-order valence-corrected chi connectivity index (χ1v) is 24.1. The van der Waals surface area contributed by atoms with Crippen LogP contribution in [-0.2, 0) is 9.47 Å². The van der Waals surface area contributed by atoms with Crippen molar-refractivity contribution in [3.8, 4) is 33.8 Å². The highest BCUT2D eigenvalue weighted by Gasteiger charge is 2.24. The molecule has 2 unspecified atom stereocenters. The van der Waals surface area contributed by atoms with Crippen molar-refractivity contribution in [2.75, 3.05) is 49.3 Å². The summed E-state index contributed by atoms with van der Waals surface area (Å²) < 4.78 is 22.4. The number of carbonyl (C=O) groups excluding carboxylic acids is 2. The van der Waals surface area contributed by atoms with Crippen LogP contribution in [0, 0.1) is 0 Å². The van der Waals surface area contributed by atoms with Gasteiger partial charge in [-0.15, -0.1) is 0 Å². The van der Waals surface area contributed by atoms with Crippen LogP contribution in [-0.4, -0.2) is 63.5 Å². The number of carbonyl (C=O) groups is 2. The number of anilines is 2. The van der Waals surface area contributed by atoms with E-state index in [2.05, 4.69) is 38.1 Å². The average Bonchev–Trinajstić information content (AvgIpc) is 4.29. The number of nitrogens with zero attached hydrogens (tertiary/aromatic N) is 2. The molecule has 0 aromatic heterocycles. The summed E-state index contributed by atoms with van der Waals surface area (Å²) in [5, 5.41) is 0. The summed E-state index contributed by atoms with van der Waals surface area (Å²) in [5.41, 5.74) is 7.06. The maximum absolute atomic E-state index is 14.5. The van der Waals surface area contributed by atoms with Crippen molar-refractivity contribution in [3.05, 3.63) is 132 Å². The third kappa shape index (κ3) is 14.3. The van der Waals surface area contributed by atoms with Crippen LogP contribution in [0.1, 0.15) is 124 Å². The second kappa shape index (κ2) is 24.6. The Morgan fingerprint density at radius 1 is 0.484 bits per heavy atom. The quantitative estimate of drug-likeness (QED) is 0.0368. The Kier molecular flexibility index (Phi) is 17.9. The van der Waals surface area contributed by atoms with Crippen LogP contribution >= 0.6 is 0 Å². The number of ether oxygens (including phenoxy) is 4. The average molecular weight is 865 g/mol. The van der Waals surface area contributed by atoms with Gasteiger partial charge in [-0.25, -0.2) is 0 Å². The van der Waals surface area contributed by atoms with Crippen molar-refractivity contribution < 1.29 is 28.5 Å². The molecule has 2 heterocycles. The standard InChI is InChI=1S/C56H68N2O6/c1-3-5-7-9-11-13-36-57(55(59)47-22-18-43(19-23-47)45-26-30-51(31-27-45)61-38-34-53-41-63-53)49-16-15-17-50(40-49)58(37-14-12-10-8-6-4-2)56(60)48-24-20-44(21-25-48)46-28-32-52(33-29-46)62-39-35-54-42-64-54/h15-33,40,53-54H,3-14,34-39,41-42H2,1-2H3. The molecule has 5 aromatic carbocycles. The Labute approximate surface area is 381 Å². The topological polar surface area (TPSA) is 84.1 Å². The van der Waals surface area contributed by atoms with Crippen LogP contribution in [0.3, 0.4) is 0 Å². The molecule has 0 spiro atoms. The lowest BCUT2D eigenvalue weighted by molar-refractivity contribution is 0.0980. The van der Waals surface area contributed by atoms with E-state index < -0.39 is 0 Å². The zero-order valence-corrected chi connectivity index (χ0v) is 38.2. The first kappa shape index (κ1) is 46.5. The minimum absolute atomic E-state index is 0.0440. The predicted octanol–water partition coefficient (Wildman–Crippen LogP) is 13.4. The second-order valence-corrected chi connectivity index (χ2v) is 17.4. The molecule has 338 valence electrons. The molecule has 2 fully saturated rings. The van der Waals surface area contributed by atoms with E-state index in [0.717, 1.165) is 110 Å². The number of hydrogen-bond acceptors (Lipinski definition) is 6. The van der Waals surface area contributed by atoms with E-state index in [1.807, 2.05) is 107 Å². The molecule has 2 aliphatic rings. The van der Waals surface area contributed by atoms with E-state index in [4.69, 9.17) is 18.9 Å². The third-order valence-corrected chi connectivity index (χ3v) is 12.3. The van der Waals surface area contributed by atoms with E-state index in [0.29, 0.717) is 49.6 Å².